The summed E-state index contributed by atoms with van der Waals surface area (Å²) in [5.41, 5.74) is 5.77. The number of hydrogen-bond donors (Lipinski definition) is 3. The summed E-state index contributed by atoms with van der Waals surface area (Å²) >= 11 is 1.28. The molecule has 1 fully saturated rings. The van der Waals surface area contributed by atoms with Gasteiger partial charge in [0.25, 0.3) is 5.91 Å². The maximum atomic E-state index is 12.6. The number of aliphatic hydroxyl groups excluding tert-OH is 1. The van der Waals surface area contributed by atoms with Crippen LogP contribution in [0.25, 0.3) is 0 Å². The number of hydrogen-bond acceptors (Lipinski definition) is 6. The van der Waals surface area contributed by atoms with Gasteiger partial charge in [-0.15, -0.1) is 0 Å². The fraction of sp³-hybridized carbons (Fsp3) is 0.714. The molecule has 0 bridgehead atoms. The lowest BCUT2D eigenvalue weighted by Gasteiger charge is -2.34. The van der Waals surface area contributed by atoms with Gasteiger partial charge in [-0.1, -0.05) is 11.3 Å². The lowest BCUT2D eigenvalue weighted by molar-refractivity contribution is 0.0508. The van der Waals surface area contributed by atoms with Gasteiger partial charge in [0.05, 0.1) is 12.6 Å². The number of piperidine rings is 1. The van der Waals surface area contributed by atoms with Crippen LogP contribution in [0.5, 0.6) is 0 Å². The first-order valence-corrected chi connectivity index (χ1v) is 8.10. The van der Waals surface area contributed by atoms with E-state index < -0.39 is 0 Å². The molecule has 1 unspecified atom stereocenters. The summed E-state index contributed by atoms with van der Waals surface area (Å²) in [5, 5.41) is 13.3. The van der Waals surface area contributed by atoms with Gasteiger partial charge in [0, 0.05) is 12.1 Å². The third-order valence-electron chi connectivity index (χ3n) is 3.43. The second-order valence-electron chi connectivity index (χ2n) is 6.44. The molecule has 1 amide bonds. The molecule has 0 radical (unpaired) electrons. The molecule has 7 heteroatoms. The number of thiazole rings is 1. The molecule has 2 rings (SSSR count). The van der Waals surface area contributed by atoms with Crippen LogP contribution < -0.4 is 11.1 Å². The Kier molecular flexibility index (Phi) is 4.73. The van der Waals surface area contributed by atoms with Crippen LogP contribution in [0.1, 0.15) is 49.7 Å². The number of nitrogens with two attached hydrogens (primary N) is 1. The lowest BCUT2D eigenvalue weighted by Crippen LogP contribution is -2.45. The molecule has 118 valence electrons. The topological polar surface area (TPSA) is 91.5 Å². The van der Waals surface area contributed by atoms with E-state index in [9.17, 15) is 9.90 Å². The van der Waals surface area contributed by atoms with E-state index in [0.29, 0.717) is 16.6 Å². The minimum Gasteiger partial charge on any atom is -0.394 e. The van der Waals surface area contributed by atoms with E-state index in [4.69, 9.17) is 5.73 Å². The number of carbonyl (C=O) groups excluding carboxylic acids is 1. The molecule has 0 spiro atoms. The number of carbonyl (C=O) groups is 1. The molecule has 1 aromatic heterocycles. The fourth-order valence-electron chi connectivity index (χ4n) is 2.45. The summed E-state index contributed by atoms with van der Waals surface area (Å²) < 4.78 is 0. The van der Waals surface area contributed by atoms with E-state index in [0.717, 1.165) is 19.3 Å². The first-order valence-electron chi connectivity index (χ1n) is 7.28. The summed E-state index contributed by atoms with van der Waals surface area (Å²) in [6.45, 7) is 6.75. The first-order chi connectivity index (χ1) is 9.81. The summed E-state index contributed by atoms with van der Waals surface area (Å²) in [6, 6.07) is -0.105. The van der Waals surface area contributed by atoms with Crippen LogP contribution in [0.3, 0.4) is 0 Å². The number of amides is 1. The van der Waals surface area contributed by atoms with Crippen LogP contribution in [0.4, 0.5) is 10.9 Å². The normalized spacial score (nSPS) is 19.6. The fourth-order valence-corrected chi connectivity index (χ4v) is 3.50. The zero-order chi connectivity index (χ0) is 15.6. The summed E-state index contributed by atoms with van der Waals surface area (Å²) in [7, 11) is 0. The molecule has 6 nitrogen and oxygen atoms in total. The highest BCUT2D eigenvalue weighted by Crippen LogP contribution is 2.30. The third-order valence-corrected chi connectivity index (χ3v) is 4.40. The van der Waals surface area contributed by atoms with Gasteiger partial charge in [-0.2, -0.15) is 0 Å². The molecule has 4 N–H and O–H groups in total. The van der Waals surface area contributed by atoms with Crippen molar-refractivity contribution in [1.82, 2.24) is 9.88 Å². The lowest BCUT2D eigenvalue weighted by atomic mass is 10.0. The molecule has 0 saturated carbocycles. The average Bonchev–Trinajstić information content (AvgIpc) is 2.76. The van der Waals surface area contributed by atoms with E-state index in [1.54, 1.807) is 4.90 Å². The van der Waals surface area contributed by atoms with Gasteiger partial charge in [-0.25, -0.2) is 4.98 Å². The van der Waals surface area contributed by atoms with E-state index in [-0.39, 0.29) is 29.9 Å². The molecule has 1 aliphatic rings. The number of nitrogen functional groups attached to an aromatic ring is 1. The average molecular weight is 312 g/mol. The van der Waals surface area contributed by atoms with Crippen LogP contribution in [0.2, 0.25) is 0 Å². The molecule has 1 aromatic rings. The van der Waals surface area contributed by atoms with E-state index in [1.165, 1.54) is 11.3 Å². The molecule has 1 aliphatic heterocycles. The Morgan fingerprint density at radius 3 is 2.86 bits per heavy atom. The predicted molar refractivity (Wildman–Crippen MR) is 85.7 cm³/mol. The van der Waals surface area contributed by atoms with Gasteiger partial charge in [0.15, 0.2) is 5.13 Å². The smallest absolute Gasteiger partial charge is 0.268 e. The standard InChI is InChI=1S/C14H24N4O2S/c1-14(2,3)17-13-16-11(15)10(21-13)12(20)18-7-5-4-6-9(18)8-19/h9,19H,4-8,15H2,1-3H3,(H,16,17). The highest BCUT2D eigenvalue weighted by atomic mass is 32.1. The van der Waals surface area contributed by atoms with E-state index in [2.05, 4.69) is 10.3 Å². The summed E-state index contributed by atoms with van der Waals surface area (Å²) in [6.07, 6.45) is 2.85. The van der Waals surface area contributed by atoms with Crippen LogP contribution >= 0.6 is 11.3 Å². The Bertz CT molecular complexity index is 510. The largest absolute Gasteiger partial charge is 0.394 e. The van der Waals surface area contributed by atoms with Gasteiger partial charge >= 0.3 is 0 Å². The van der Waals surface area contributed by atoms with Gasteiger partial charge in [0.2, 0.25) is 0 Å². The van der Waals surface area contributed by atoms with Crippen molar-refractivity contribution in [3.8, 4) is 0 Å². The SMILES string of the molecule is CC(C)(C)Nc1nc(N)c(C(=O)N2CCCCC2CO)s1. The van der Waals surface area contributed by atoms with Crippen LogP contribution in [-0.2, 0) is 0 Å². The zero-order valence-corrected chi connectivity index (χ0v) is 13.7. The third kappa shape index (κ3) is 3.85. The molecule has 1 atom stereocenters. The number of nitrogens with one attached hydrogen (secondary N) is 1. The number of nitrogens with zero attached hydrogens (tertiary/aromatic N) is 2. The Morgan fingerprint density at radius 1 is 1.52 bits per heavy atom. The number of likely N-dealkylation sites (tertiary alicyclic amines) is 1. The van der Waals surface area contributed by atoms with Crippen molar-refractivity contribution in [2.45, 2.75) is 51.6 Å². The van der Waals surface area contributed by atoms with Crippen LogP contribution in [-0.4, -0.2) is 45.6 Å². The van der Waals surface area contributed by atoms with Gasteiger partial charge in [-0.05, 0) is 40.0 Å². The highest BCUT2D eigenvalue weighted by Gasteiger charge is 2.30. The predicted octanol–water partition coefficient (Wildman–Crippen LogP) is 1.92. The Morgan fingerprint density at radius 2 is 2.24 bits per heavy atom. The van der Waals surface area contributed by atoms with Crippen molar-refractivity contribution in [3.63, 3.8) is 0 Å². The highest BCUT2D eigenvalue weighted by molar-refractivity contribution is 7.18. The quantitative estimate of drug-likeness (QED) is 0.793. The number of aliphatic hydroxyl groups is 1. The van der Waals surface area contributed by atoms with E-state index >= 15 is 0 Å². The Balaban J connectivity index is 2.18. The maximum Gasteiger partial charge on any atom is 0.268 e. The van der Waals surface area contributed by atoms with Gasteiger partial charge < -0.3 is 21.1 Å². The molecule has 21 heavy (non-hydrogen) atoms. The second kappa shape index (κ2) is 6.19. The molecule has 1 saturated heterocycles. The Hall–Kier alpha value is -1.34. The summed E-state index contributed by atoms with van der Waals surface area (Å²) in [4.78, 5) is 19.1. The molecular formula is C14H24N4O2S. The number of rotatable bonds is 3. The van der Waals surface area contributed by atoms with E-state index in [1.807, 2.05) is 20.8 Å². The van der Waals surface area contributed by atoms with Crippen molar-refractivity contribution in [2.24, 2.45) is 0 Å². The Labute approximate surface area is 129 Å². The van der Waals surface area contributed by atoms with Gasteiger partial charge in [0.1, 0.15) is 10.7 Å². The molecular weight excluding hydrogens is 288 g/mol. The zero-order valence-electron chi connectivity index (χ0n) is 12.8. The first kappa shape index (κ1) is 16.0. The monoisotopic (exact) mass is 312 g/mol. The van der Waals surface area contributed by atoms with Crippen LogP contribution in [0.15, 0.2) is 0 Å². The number of anilines is 2. The molecule has 0 aliphatic carbocycles. The van der Waals surface area contributed by atoms with Crippen LogP contribution in [0, 0.1) is 0 Å². The maximum absolute atomic E-state index is 12.6. The minimum absolute atomic E-state index is 0.00243. The van der Waals surface area contributed by atoms with Gasteiger partial charge in [-0.3, -0.25) is 4.79 Å². The minimum atomic E-state index is -0.136. The second-order valence-corrected chi connectivity index (χ2v) is 7.44. The summed E-state index contributed by atoms with van der Waals surface area (Å²) in [5.74, 6) is 0.143. The van der Waals surface area contributed by atoms with Crippen molar-refractivity contribution in [1.29, 1.82) is 0 Å². The number of aromatic nitrogens is 1. The molecule has 2 heterocycles. The molecule has 0 aromatic carbocycles. The van der Waals surface area contributed by atoms with Crippen molar-refractivity contribution >= 4 is 28.2 Å². The van der Waals surface area contributed by atoms with Crippen molar-refractivity contribution < 1.29 is 9.90 Å². The van der Waals surface area contributed by atoms with Crippen molar-refractivity contribution in [3.05, 3.63) is 4.88 Å². The van der Waals surface area contributed by atoms with Crippen molar-refractivity contribution in [2.75, 3.05) is 24.2 Å².